The Hall–Kier alpha value is -0.970. The van der Waals surface area contributed by atoms with Gasteiger partial charge < -0.3 is 16.0 Å². The smallest absolute Gasteiger partial charge is 0.149 e. The SMILES string of the molecule is CC(N)Cc1ccc([NH+]([O-])CC2CC2)cn1. The van der Waals surface area contributed by atoms with Crippen LogP contribution in [0.1, 0.15) is 25.5 Å². The third-order valence-electron chi connectivity index (χ3n) is 2.85. The van der Waals surface area contributed by atoms with Crippen molar-refractivity contribution < 1.29 is 5.06 Å². The van der Waals surface area contributed by atoms with E-state index in [0.717, 1.165) is 17.8 Å². The van der Waals surface area contributed by atoms with Crippen molar-refractivity contribution in [2.24, 2.45) is 11.7 Å². The Bertz CT molecular complexity index is 333. The summed E-state index contributed by atoms with van der Waals surface area (Å²) in [7, 11) is 0. The first-order valence-electron chi connectivity index (χ1n) is 5.89. The van der Waals surface area contributed by atoms with Gasteiger partial charge in [0.2, 0.25) is 0 Å². The van der Waals surface area contributed by atoms with Gasteiger partial charge in [0.1, 0.15) is 5.69 Å². The number of pyridine rings is 1. The standard InChI is InChI=1S/C12H19N3O/c1-9(13)6-11-4-5-12(7-14-11)15(16)8-10-2-3-10/h4-5,7,9-10,15H,2-3,6,8,13H2,1H3. The lowest BCUT2D eigenvalue weighted by Gasteiger charge is -2.21. The molecule has 2 rings (SSSR count). The third-order valence-corrected chi connectivity index (χ3v) is 2.85. The minimum Gasteiger partial charge on any atom is -0.629 e. The Morgan fingerprint density at radius 1 is 1.56 bits per heavy atom. The quantitative estimate of drug-likeness (QED) is 0.707. The average molecular weight is 221 g/mol. The number of hydroxylamine groups is 1. The van der Waals surface area contributed by atoms with Crippen LogP contribution < -0.4 is 10.8 Å². The predicted molar refractivity (Wildman–Crippen MR) is 63.2 cm³/mol. The first kappa shape index (κ1) is 11.5. The third kappa shape index (κ3) is 3.27. The van der Waals surface area contributed by atoms with Crippen LogP contribution in [-0.2, 0) is 6.42 Å². The minimum atomic E-state index is 0.112. The molecule has 1 aliphatic carbocycles. The summed E-state index contributed by atoms with van der Waals surface area (Å²) in [6.45, 7) is 2.64. The molecule has 88 valence electrons. The summed E-state index contributed by atoms with van der Waals surface area (Å²) in [4.78, 5) is 4.27. The Morgan fingerprint density at radius 3 is 2.81 bits per heavy atom. The first-order chi connectivity index (χ1) is 7.65. The van der Waals surface area contributed by atoms with E-state index in [4.69, 9.17) is 5.73 Å². The fourth-order valence-electron chi connectivity index (χ4n) is 1.74. The number of hydrogen-bond acceptors (Lipinski definition) is 3. The molecule has 3 N–H and O–H groups in total. The fraction of sp³-hybridized carbons (Fsp3) is 0.583. The van der Waals surface area contributed by atoms with Gasteiger partial charge in [-0.25, -0.2) is 0 Å². The zero-order valence-electron chi connectivity index (χ0n) is 9.65. The van der Waals surface area contributed by atoms with Crippen molar-refractivity contribution in [2.45, 2.75) is 32.2 Å². The van der Waals surface area contributed by atoms with Crippen molar-refractivity contribution >= 4 is 5.69 Å². The van der Waals surface area contributed by atoms with Crippen LogP contribution in [0, 0.1) is 11.1 Å². The van der Waals surface area contributed by atoms with E-state index >= 15 is 0 Å². The van der Waals surface area contributed by atoms with Gasteiger partial charge in [-0.05, 0) is 25.8 Å². The number of quaternary nitrogens is 1. The maximum absolute atomic E-state index is 11.8. The maximum Gasteiger partial charge on any atom is 0.149 e. The largest absolute Gasteiger partial charge is 0.629 e. The van der Waals surface area contributed by atoms with Crippen molar-refractivity contribution in [3.8, 4) is 0 Å². The van der Waals surface area contributed by atoms with E-state index in [-0.39, 0.29) is 11.1 Å². The highest BCUT2D eigenvalue weighted by Crippen LogP contribution is 2.27. The Labute approximate surface area is 96.0 Å². The summed E-state index contributed by atoms with van der Waals surface area (Å²) in [6.07, 6.45) is 4.86. The zero-order chi connectivity index (χ0) is 11.5. The Kier molecular flexibility index (Phi) is 3.53. The molecule has 0 aromatic carbocycles. The second kappa shape index (κ2) is 4.91. The maximum atomic E-state index is 11.8. The topological polar surface area (TPSA) is 66.4 Å². The molecule has 2 unspecified atom stereocenters. The minimum absolute atomic E-state index is 0.112. The van der Waals surface area contributed by atoms with E-state index in [9.17, 15) is 5.21 Å². The van der Waals surface area contributed by atoms with E-state index in [1.807, 2.05) is 19.1 Å². The molecule has 1 aromatic heterocycles. The van der Waals surface area contributed by atoms with Crippen molar-refractivity contribution in [3.63, 3.8) is 0 Å². The summed E-state index contributed by atoms with van der Waals surface area (Å²) in [5, 5.41) is 12.0. The van der Waals surface area contributed by atoms with Crippen molar-refractivity contribution in [3.05, 3.63) is 29.2 Å². The van der Waals surface area contributed by atoms with Crippen LogP contribution in [0.25, 0.3) is 0 Å². The summed E-state index contributed by atoms with van der Waals surface area (Å²) in [5.74, 6) is 0.635. The fourth-order valence-corrected chi connectivity index (χ4v) is 1.74. The summed E-state index contributed by atoms with van der Waals surface area (Å²) in [6, 6.07) is 3.89. The molecule has 4 heteroatoms. The molecule has 1 heterocycles. The monoisotopic (exact) mass is 221 g/mol. The van der Waals surface area contributed by atoms with Crippen LogP contribution in [0.4, 0.5) is 5.69 Å². The molecule has 1 aromatic rings. The predicted octanol–water partition coefficient (Wildman–Crippen LogP) is 0.395. The number of nitrogens with one attached hydrogen (secondary N) is 1. The molecule has 0 radical (unpaired) electrons. The lowest BCUT2D eigenvalue weighted by atomic mass is 10.2. The molecule has 0 bridgehead atoms. The lowest BCUT2D eigenvalue weighted by Crippen LogP contribution is -3.02. The van der Waals surface area contributed by atoms with Gasteiger partial charge in [-0.15, -0.1) is 0 Å². The molecule has 0 aliphatic heterocycles. The van der Waals surface area contributed by atoms with E-state index < -0.39 is 0 Å². The Morgan fingerprint density at radius 2 is 2.31 bits per heavy atom. The van der Waals surface area contributed by atoms with Crippen molar-refractivity contribution in [1.82, 2.24) is 4.98 Å². The number of nitrogens with zero attached hydrogens (tertiary/aromatic N) is 1. The molecule has 2 atom stereocenters. The second-order valence-electron chi connectivity index (χ2n) is 4.79. The molecule has 16 heavy (non-hydrogen) atoms. The van der Waals surface area contributed by atoms with Gasteiger partial charge >= 0.3 is 0 Å². The van der Waals surface area contributed by atoms with Gasteiger partial charge in [0.05, 0.1) is 12.7 Å². The van der Waals surface area contributed by atoms with Gasteiger partial charge in [0, 0.05) is 30.1 Å². The zero-order valence-corrected chi connectivity index (χ0v) is 9.65. The van der Waals surface area contributed by atoms with Crippen molar-refractivity contribution in [2.75, 3.05) is 6.54 Å². The van der Waals surface area contributed by atoms with E-state index in [0.29, 0.717) is 12.5 Å². The normalized spacial score (nSPS) is 19.4. The summed E-state index contributed by atoms with van der Waals surface area (Å²) >= 11 is 0. The van der Waals surface area contributed by atoms with Crippen LogP contribution in [0.15, 0.2) is 18.3 Å². The summed E-state index contributed by atoms with van der Waals surface area (Å²) in [5.41, 5.74) is 7.38. The first-order valence-corrected chi connectivity index (χ1v) is 5.89. The molecule has 4 nitrogen and oxygen atoms in total. The second-order valence-corrected chi connectivity index (χ2v) is 4.79. The molecule has 0 saturated heterocycles. The van der Waals surface area contributed by atoms with Crippen LogP contribution >= 0.6 is 0 Å². The summed E-state index contributed by atoms with van der Waals surface area (Å²) < 4.78 is 0. The van der Waals surface area contributed by atoms with Gasteiger partial charge in [0.25, 0.3) is 0 Å². The molecule has 1 aliphatic rings. The highest BCUT2D eigenvalue weighted by Gasteiger charge is 2.25. The number of nitrogens with two attached hydrogens (primary N) is 1. The number of aromatic nitrogens is 1. The molecule has 1 fully saturated rings. The van der Waals surface area contributed by atoms with Gasteiger partial charge in [-0.1, -0.05) is 0 Å². The molecule has 0 spiro atoms. The van der Waals surface area contributed by atoms with Crippen LogP contribution in [-0.4, -0.2) is 17.6 Å². The van der Waals surface area contributed by atoms with Gasteiger partial charge in [0.15, 0.2) is 0 Å². The molecule has 0 amide bonds. The van der Waals surface area contributed by atoms with Gasteiger partial charge in [-0.2, -0.15) is 0 Å². The van der Waals surface area contributed by atoms with E-state index in [2.05, 4.69) is 4.98 Å². The highest BCUT2D eigenvalue weighted by atomic mass is 16.5. The highest BCUT2D eigenvalue weighted by molar-refractivity contribution is 5.26. The molecular formula is C12H19N3O. The van der Waals surface area contributed by atoms with E-state index in [1.54, 1.807) is 6.20 Å². The lowest BCUT2D eigenvalue weighted by molar-refractivity contribution is -0.778. The van der Waals surface area contributed by atoms with Gasteiger partial charge in [-0.3, -0.25) is 4.98 Å². The molecule has 1 saturated carbocycles. The van der Waals surface area contributed by atoms with Crippen LogP contribution in [0.2, 0.25) is 0 Å². The number of rotatable bonds is 5. The van der Waals surface area contributed by atoms with Crippen LogP contribution in [0.5, 0.6) is 0 Å². The van der Waals surface area contributed by atoms with Crippen molar-refractivity contribution in [1.29, 1.82) is 0 Å². The Balaban J connectivity index is 1.94. The molecular weight excluding hydrogens is 202 g/mol. The van der Waals surface area contributed by atoms with E-state index in [1.165, 1.54) is 12.8 Å². The number of hydrogen-bond donors (Lipinski definition) is 2. The average Bonchev–Trinajstić information content (AvgIpc) is 3.01. The van der Waals surface area contributed by atoms with Crippen LogP contribution in [0.3, 0.4) is 0 Å².